The standard InChI is InChI=1S/C23H38F2N4O3/c1-5-22(16-31-6-2)9-7-17(8-10-22)20-18(14-28(4)11-12-32-21(30)26-3)27-29-15-23(24,25)13-19(20)29/h17H,5-16H2,1-4H3,(H,26,30). The van der Waals surface area contributed by atoms with Crippen LogP contribution in [0, 0.1) is 5.41 Å². The summed E-state index contributed by atoms with van der Waals surface area (Å²) >= 11 is 0. The van der Waals surface area contributed by atoms with Crippen molar-refractivity contribution in [2.45, 2.75) is 77.3 Å². The van der Waals surface area contributed by atoms with Gasteiger partial charge in [0.05, 0.1) is 18.7 Å². The Hall–Kier alpha value is -1.74. The molecule has 1 saturated carbocycles. The summed E-state index contributed by atoms with van der Waals surface area (Å²) in [7, 11) is 3.45. The number of nitrogens with zero attached hydrogens (tertiary/aromatic N) is 3. The van der Waals surface area contributed by atoms with Crippen LogP contribution in [0.15, 0.2) is 0 Å². The maximum atomic E-state index is 14.2. The Morgan fingerprint density at radius 2 is 2.03 bits per heavy atom. The van der Waals surface area contributed by atoms with Crippen LogP contribution < -0.4 is 5.32 Å². The molecule has 0 aromatic carbocycles. The number of fused-ring (bicyclic) bond motifs is 1. The smallest absolute Gasteiger partial charge is 0.406 e. The molecule has 2 heterocycles. The van der Waals surface area contributed by atoms with Crippen LogP contribution in [0.3, 0.4) is 0 Å². The zero-order valence-electron chi connectivity index (χ0n) is 19.9. The van der Waals surface area contributed by atoms with Crippen molar-refractivity contribution >= 4 is 6.09 Å². The first-order valence-corrected chi connectivity index (χ1v) is 11.8. The summed E-state index contributed by atoms with van der Waals surface area (Å²) in [5.74, 6) is -2.47. The predicted octanol–water partition coefficient (Wildman–Crippen LogP) is 3.95. The molecule has 0 atom stereocenters. The second-order valence-electron chi connectivity index (χ2n) is 9.39. The SMILES string of the molecule is CCOCC1(CC)CCC(c2c(CN(C)CCOC(=O)NC)nn3c2CC(F)(F)C3)CC1. The van der Waals surface area contributed by atoms with Crippen molar-refractivity contribution in [3.05, 3.63) is 17.0 Å². The second-order valence-corrected chi connectivity index (χ2v) is 9.39. The average Bonchev–Trinajstić information content (AvgIpc) is 3.23. The zero-order chi connectivity index (χ0) is 23.4. The summed E-state index contributed by atoms with van der Waals surface area (Å²) in [6.45, 7) is 6.75. The highest BCUT2D eigenvalue weighted by atomic mass is 19.3. The minimum absolute atomic E-state index is 0.195. The third kappa shape index (κ3) is 5.78. The number of halogens is 2. The van der Waals surface area contributed by atoms with Crippen LogP contribution in [0.5, 0.6) is 0 Å². The van der Waals surface area contributed by atoms with Gasteiger partial charge >= 0.3 is 6.09 Å². The number of carbonyl (C=O) groups is 1. The van der Waals surface area contributed by atoms with E-state index in [4.69, 9.17) is 9.47 Å². The van der Waals surface area contributed by atoms with Crippen molar-refractivity contribution in [2.75, 3.05) is 40.5 Å². The van der Waals surface area contributed by atoms with E-state index in [9.17, 15) is 13.6 Å². The van der Waals surface area contributed by atoms with Gasteiger partial charge < -0.3 is 14.8 Å². The largest absolute Gasteiger partial charge is 0.448 e. The molecule has 182 valence electrons. The van der Waals surface area contributed by atoms with Crippen LogP contribution in [0.4, 0.5) is 13.6 Å². The minimum atomic E-state index is -2.72. The zero-order valence-corrected chi connectivity index (χ0v) is 19.9. The number of nitrogens with one attached hydrogen (secondary N) is 1. The van der Waals surface area contributed by atoms with E-state index < -0.39 is 12.0 Å². The highest BCUT2D eigenvalue weighted by Crippen LogP contribution is 2.48. The van der Waals surface area contributed by atoms with E-state index in [1.165, 1.54) is 11.7 Å². The van der Waals surface area contributed by atoms with Crippen LogP contribution in [0.2, 0.25) is 0 Å². The molecule has 1 aromatic rings. The Morgan fingerprint density at radius 1 is 1.31 bits per heavy atom. The van der Waals surface area contributed by atoms with Gasteiger partial charge in [-0.05, 0) is 57.4 Å². The quantitative estimate of drug-likeness (QED) is 0.577. The number of hydrogen-bond acceptors (Lipinski definition) is 5. The summed E-state index contributed by atoms with van der Waals surface area (Å²) in [6.07, 6.45) is 4.42. The molecular weight excluding hydrogens is 418 g/mol. The van der Waals surface area contributed by atoms with Crippen molar-refractivity contribution in [3.8, 4) is 0 Å². The molecule has 1 amide bonds. The van der Waals surface area contributed by atoms with Crippen molar-refractivity contribution < 1.29 is 23.0 Å². The van der Waals surface area contributed by atoms with E-state index >= 15 is 0 Å². The molecule has 9 heteroatoms. The first-order valence-electron chi connectivity index (χ1n) is 11.8. The number of likely N-dealkylation sites (N-methyl/N-ethyl adjacent to an activating group) is 1. The van der Waals surface area contributed by atoms with Gasteiger partial charge in [-0.15, -0.1) is 0 Å². The van der Waals surface area contributed by atoms with E-state index in [1.807, 2.05) is 18.9 Å². The van der Waals surface area contributed by atoms with Gasteiger partial charge in [-0.3, -0.25) is 9.58 Å². The first-order chi connectivity index (χ1) is 15.2. The summed E-state index contributed by atoms with van der Waals surface area (Å²) in [6, 6.07) is 0. The Balaban J connectivity index is 1.73. The molecule has 1 aliphatic carbocycles. The van der Waals surface area contributed by atoms with Gasteiger partial charge in [-0.1, -0.05) is 6.92 Å². The maximum Gasteiger partial charge on any atom is 0.406 e. The lowest BCUT2D eigenvalue weighted by Crippen LogP contribution is -2.32. The topological polar surface area (TPSA) is 68.6 Å². The number of alkyl carbamates (subject to hydrolysis) is 1. The maximum absolute atomic E-state index is 14.2. The molecule has 0 radical (unpaired) electrons. The van der Waals surface area contributed by atoms with E-state index in [2.05, 4.69) is 17.3 Å². The molecule has 3 rings (SSSR count). The number of rotatable bonds is 10. The van der Waals surface area contributed by atoms with Gasteiger partial charge in [0, 0.05) is 38.0 Å². The lowest BCUT2D eigenvalue weighted by Gasteiger charge is -2.40. The number of aromatic nitrogens is 2. The third-order valence-electron chi connectivity index (χ3n) is 7.13. The first kappa shape index (κ1) is 24.9. The lowest BCUT2D eigenvalue weighted by atomic mass is 9.67. The van der Waals surface area contributed by atoms with Gasteiger partial charge in [0.1, 0.15) is 13.2 Å². The molecular formula is C23H38F2N4O3. The van der Waals surface area contributed by atoms with Gasteiger partial charge in [0.25, 0.3) is 5.92 Å². The summed E-state index contributed by atoms with van der Waals surface area (Å²) < 4.78 is 40.7. The Kier molecular flexibility index (Phi) is 8.14. The van der Waals surface area contributed by atoms with Crippen LogP contribution in [0.1, 0.15) is 68.8 Å². The number of amides is 1. The minimum Gasteiger partial charge on any atom is -0.448 e. The predicted molar refractivity (Wildman–Crippen MR) is 118 cm³/mol. The molecule has 0 bridgehead atoms. The Bertz CT molecular complexity index is 776. The van der Waals surface area contributed by atoms with Crippen molar-refractivity contribution in [3.63, 3.8) is 0 Å². The molecule has 2 aliphatic rings. The number of ether oxygens (including phenoxy) is 2. The molecule has 1 aromatic heterocycles. The van der Waals surface area contributed by atoms with Crippen molar-refractivity contribution in [1.82, 2.24) is 20.0 Å². The summed E-state index contributed by atoms with van der Waals surface area (Å²) in [4.78, 5) is 13.3. The van der Waals surface area contributed by atoms with E-state index in [1.54, 1.807) is 0 Å². The highest BCUT2D eigenvalue weighted by molar-refractivity contribution is 5.66. The highest BCUT2D eigenvalue weighted by Gasteiger charge is 2.44. The fraction of sp³-hybridized carbons (Fsp3) is 0.826. The lowest BCUT2D eigenvalue weighted by molar-refractivity contribution is 0.000500. The van der Waals surface area contributed by atoms with Gasteiger partial charge in [-0.2, -0.15) is 5.10 Å². The summed E-state index contributed by atoms with van der Waals surface area (Å²) in [5, 5.41) is 7.04. The van der Waals surface area contributed by atoms with E-state index in [-0.39, 0.29) is 30.9 Å². The van der Waals surface area contributed by atoms with Gasteiger partial charge in [0.2, 0.25) is 0 Å². The van der Waals surface area contributed by atoms with Crippen molar-refractivity contribution in [1.29, 1.82) is 0 Å². The number of hydrogen-bond donors (Lipinski definition) is 1. The fourth-order valence-corrected chi connectivity index (χ4v) is 5.13. The molecule has 0 saturated heterocycles. The van der Waals surface area contributed by atoms with Crippen LogP contribution in [-0.2, 0) is 29.0 Å². The molecule has 32 heavy (non-hydrogen) atoms. The van der Waals surface area contributed by atoms with Gasteiger partial charge in [0.15, 0.2) is 0 Å². The third-order valence-corrected chi connectivity index (χ3v) is 7.13. The number of alkyl halides is 2. The van der Waals surface area contributed by atoms with Gasteiger partial charge in [-0.25, -0.2) is 13.6 Å². The van der Waals surface area contributed by atoms with E-state index in [0.717, 1.165) is 56.6 Å². The molecule has 1 aliphatic heterocycles. The second kappa shape index (κ2) is 10.5. The molecule has 0 spiro atoms. The molecule has 1 fully saturated rings. The van der Waals surface area contributed by atoms with Crippen molar-refractivity contribution in [2.24, 2.45) is 5.41 Å². The molecule has 1 N–H and O–H groups in total. The van der Waals surface area contributed by atoms with E-state index in [0.29, 0.717) is 18.8 Å². The molecule has 0 unspecified atom stereocenters. The number of carbonyl (C=O) groups excluding carboxylic acids is 1. The fourth-order valence-electron chi connectivity index (χ4n) is 5.13. The molecule has 7 nitrogen and oxygen atoms in total. The monoisotopic (exact) mass is 456 g/mol. The van der Waals surface area contributed by atoms with Crippen LogP contribution in [0.25, 0.3) is 0 Å². The van der Waals surface area contributed by atoms with Crippen LogP contribution in [-0.4, -0.2) is 67.2 Å². The Labute approximate surface area is 189 Å². The average molecular weight is 457 g/mol. The Morgan fingerprint density at radius 3 is 2.66 bits per heavy atom. The normalized spacial score (nSPS) is 24.5. The summed E-state index contributed by atoms with van der Waals surface area (Å²) in [5.41, 5.74) is 2.82. The van der Waals surface area contributed by atoms with Crippen LogP contribution >= 0.6 is 0 Å².